The number of carbonyl (C=O) groups excluding carboxylic acids is 1. The van der Waals surface area contributed by atoms with Crippen LogP contribution < -0.4 is 19.5 Å². The zero-order valence-corrected chi connectivity index (χ0v) is 30.3. The van der Waals surface area contributed by atoms with Gasteiger partial charge in [-0.2, -0.15) is 0 Å². The molecular formula is C35H45N3O8SSi. The summed E-state index contributed by atoms with van der Waals surface area (Å²) in [6, 6.07) is 18.6. The second-order valence-electron chi connectivity index (χ2n) is 13.1. The van der Waals surface area contributed by atoms with Crippen molar-refractivity contribution in [3.63, 3.8) is 0 Å². The van der Waals surface area contributed by atoms with Crippen molar-refractivity contribution in [3.8, 4) is 11.5 Å². The van der Waals surface area contributed by atoms with E-state index in [0.717, 1.165) is 16.7 Å². The van der Waals surface area contributed by atoms with Crippen LogP contribution in [-0.2, 0) is 21.1 Å². The summed E-state index contributed by atoms with van der Waals surface area (Å²) < 4.78 is 45.1. The lowest BCUT2D eigenvalue weighted by Gasteiger charge is -2.40. The number of nitrogens with one attached hydrogen (secondary N) is 2. The number of amides is 2. The molecular weight excluding hydrogens is 651 g/mol. The van der Waals surface area contributed by atoms with Crippen LogP contribution in [0.2, 0.25) is 18.1 Å². The number of anilines is 1. The molecule has 48 heavy (non-hydrogen) atoms. The van der Waals surface area contributed by atoms with E-state index < -0.39 is 36.4 Å². The molecule has 0 spiro atoms. The summed E-state index contributed by atoms with van der Waals surface area (Å²) in [4.78, 5) is 28.1. The predicted molar refractivity (Wildman–Crippen MR) is 189 cm³/mol. The molecule has 3 aromatic carbocycles. The molecule has 1 aliphatic heterocycles. The molecule has 0 saturated carbocycles. The Kier molecular flexibility index (Phi) is 11.4. The van der Waals surface area contributed by atoms with Gasteiger partial charge in [0.25, 0.3) is 5.91 Å². The van der Waals surface area contributed by atoms with Gasteiger partial charge in [0.05, 0.1) is 35.9 Å². The Morgan fingerprint density at radius 3 is 2.27 bits per heavy atom. The zero-order valence-electron chi connectivity index (χ0n) is 28.5. The van der Waals surface area contributed by atoms with Crippen molar-refractivity contribution in [2.45, 2.75) is 62.9 Å². The average molecular weight is 696 g/mol. The number of nitrogens with zero attached hydrogens (tertiary/aromatic N) is 1. The maximum Gasteiger partial charge on any atom is 0.409 e. The summed E-state index contributed by atoms with van der Waals surface area (Å²) in [5.74, 6) is 0.162. The molecule has 0 saturated heterocycles. The lowest BCUT2D eigenvalue weighted by molar-refractivity contribution is 0.0654. The summed E-state index contributed by atoms with van der Waals surface area (Å²) in [7, 11) is -2.99. The highest BCUT2D eigenvalue weighted by molar-refractivity contribution is 7.89. The van der Waals surface area contributed by atoms with Gasteiger partial charge in [0.1, 0.15) is 6.61 Å². The van der Waals surface area contributed by atoms with Crippen LogP contribution in [-0.4, -0.2) is 72.1 Å². The molecule has 2 amide bonds. The predicted octanol–water partition coefficient (Wildman–Crippen LogP) is 6.59. The number of benzene rings is 3. The first-order valence-electron chi connectivity index (χ1n) is 15.6. The standard InChI is InChI=1S/C35H45N3O8SSi/c1-35(2,3)48(6,7)46-23-27-19-26(25-13-15-28(16-14-25)47(42,43)36-4)17-18-38(27)33(39)29-20-31(44-5)32(21-30(29)37-34(40)41)45-22-24-11-9-8-10-12-24/h8-16,19-21,27,36-37H,17-18,22-23H2,1-7H3,(H,40,41)/t27-/m0/s1. The highest BCUT2D eigenvalue weighted by atomic mass is 32.2. The fourth-order valence-corrected chi connectivity index (χ4v) is 6.79. The molecule has 1 heterocycles. The second-order valence-corrected chi connectivity index (χ2v) is 19.8. The van der Waals surface area contributed by atoms with Crippen LogP contribution in [0, 0.1) is 0 Å². The van der Waals surface area contributed by atoms with Crippen LogP contribution in [0.15, 0.2) is 77.7 Å². The third kappa shape index (κ3) is 8.64. The number of hydrogen-bond acceptors (Lipinski definition) is 7. The third-order valence-corrected chi connectivity index (χ3v) is 14.8. The Balaban J connectivity index is 1.71. The van der Waals surface area contributed by atoms with E-state index in [4.69, 9.17) is 13.9 Å². The van der Waals surface area contributed by atoms with Gasteiger partial charge in [0.15, 0.2) is 19.8 Å². The third-order valence-electron chi connectivity index (χ3n) is 8.92. The van der Waals surface area contributed by atoms with Crippen molar-refractivity contribution in [3.05, 3.63) is 89.5 Å². The van der Waals surface area contributed by atoms with Crippen molar-refractivity contribution >= 4 is 41.6 Å². The van der Waals surface area contributed by atoms with Gasteiger partial charge < -0.3 is 23.9 Å². The number of methoxy groups -OCH3 is 1. The number of rotatable bonds is 12. The van der Waals surface area contributed by atoms with E-state index in [9.17, 15) is 23.1 Å². The summed E-state index contributed by atoms with van der Waals surface area (Å²) in [6.45, 7) is 11.5. The van der Waals surface area contributed by atoms with Gasteiger partial charge in [-0.1, -0.05) is 69.3 Å². The molecule has 0 unspecified atom stereocenters. The van der Waals surface area contributed by atoms with Gasteiger partial charge >= 0.3 is 6.09 Å². The van der Waals surface area contributed by atoms with E-state index in [-0.39, 0.29) is 45.9 Å². The minimum absolute atomic E-state index is 0.0662. The van der Waals surface area contributed by atoms with E-state index in [2.05, 4.69) is 43.9 Å². The minimum atomic E-state index is -3.59. The number of sulfonamides is 1. The molecule has 0 bridgehead atoms. The minimum Gasteiger partial charge on any atom is -0.493 e. The molecule has 1 aliphatic rings. The first kappa shape index (κ1) is 36.7. The van der Waals surface area contributed by atoms with E-state index in [1.807, 2.05) is 36.4 Å². The topological polar surface area (TPSA) is 144 Å². The van der Waals surface area contributed by atoms with E-state index in [1.165, 1.54) is 26.3 Å². The Labute approximate surface area is 284 Å². The van der Waals surface area contributed by atoms with Crippen LogP contribution >= 0.6 is 0 Å². The first-order valence-corrected chi connectivity index (χ1v) is 20.0. The lowest BCUT2D eigenvalue weighted by atomic mass is 9.95. The molecule has 0 fully saturated rings. The van der Waals surface area contributed by atoms with E-state index in [1.54, 1.807) is 29.2 Å². The maximum atomic E-state index is 14.4. The number of hydrogen-bond donors (Lipinski definition) is 3. The molecule has 3 N–H and O–H groups in total. The second kappa shape index (κ2) is 14.9. The Hall–Kier alpha value is -4.17. The molecule has 0 aliphatic carbocycles. The molecule has 258 valence electrons. The molecule has 4 rings (SSSR count). The van der Waals surface area contributed by atoms with Gasteiger partial charge in [-0.15, -0.1) is 0 Å². The Morgan fingerprint density at radius 1 is 1.02 bits per heavy atom. The highest BCUT2D eigenvalue weighted by Gasteiger charge is 2.39. The van der Waals surface area contributed by atoms with Gasteiger partial charge in [-0.05, 0) is 66.5 Å². The van der Waals surface area contributed by atoms with Crippen molar-refractivity contribution in [2.75, 3.05) is 32.6 Å². The van der Waals surface area contributed by atoms with Crippen LogP contribution in [0.25, 0.3) is 5.57 Å². The molecule has 1 atom stereocenters. The number of carbonyl (C=O) groups is 2. The molecule has 0 radical (unpaired) electrons. The monoisotopic (exact) mass is 695 g/mol. The van der Waals surface area contributed by atoms with Crippen LogP contribution in [0.5, 0.6) is 11.5 Å². The van der Waals surface area contributed by atoms with Crippen molar-refractivity contribution in [2.24, 2.45) is 0 Å². The van der Waals surface area contributed by atoms with Crippen LogP contribution in [0.1, 0.15) is 48.7 Å². The Bertz CT molecular complexity index is 1750. The largest absolute Gasteiger partial charge is 0.493 e. The van der Waals surface area contributed by atoms with Gasteiger partial charge in [-0.3, -0.25) is 10.1 Å². The first-order chi connectivity index (χ1) is 22.6. The summed E-state index contributed by atoms with van der Waals surface area (Å²) >= 11 is 0. The average Bonchev–Trinajstić information content (AvgIpc) is 3.05. The fourth-order valence-electron chi connectivity index (χ4n) is 5.04. The normalized spacial score (nSPS) is 15.4. The Morgan fingerprint density at radius 2 is 1.69 bits per heavy atom. The van der Waals surface area contributed by atoms with Gasteiger partial charge in [0, 0.05) is 12.6 Å². The van der Waals surface area contributed by atoms with Crippen molar-refractivity contribution in [1.82, 2.24) is 9.62 Å². The van der Waals surface area contributed by atoms with E-state index in [0.29, 0.717) is 13.0 Å². The smallest absolute Gasteiger partial charge is 0.409 e. The quantitative estimate of drug-likeness (QED) is 0.180. The summed E-state index contributed by atoms with van der Waals surface area (Å²) in [5, 5.41) is 12.0. The molecule has 13 heteroatoms. The van der Waals surface area contributed by atoms with Gasteiger partial charge in [-0.25, -0.2) is 17.9 Å². The van der Waals surface area contributed by atoms with Crippen molar-refractivity contribution in [1.29, 1.82) is 0 Å². The van der Waals surface area contributed by atoms with Crippen LogP contribution in [0.4, 0.5) is 10.5 Å². The van der Waals surface area contributed by atoms with Gasteiger partial charge in [0.2, 0.25) is 10.0 Å². The number of carboxylic acid groups (broad SMARTS) is 1. The molecule has 3 aromatic rings. The van der Waals surface area contributed by atoms with Crippen molar-refractivity contribution < 1.29 is 37.0 Å². The molecule has 11 nitrogen and oxygen atoms in total. The van der Waals surface area contributed by atoms with Crippen LogP contribution in [0.3, 0.4) is 0 Å². The fraction of sp³-hybridized carbons (Fsp3) is 0.371. The summed E-state index contributed by atoms with van der Waals surface area (Å²) in [5.41, 5.74) is 2.87. The lowest BCUT2D eigenvalue weighted by Crippen LogP contribution is -2.49. The molecule has 0 aromatic heterocycles. The SMILES string of the molecule is CNS(=O)(=O)c1ccc(C2=C[C@@H](CO[Si](C)(C)C(C)(C)C)N(C(=O)c3cc(OC)c(OCc4ccccc4)cc3NC(=O)O)CC2)cc1. The summed E-state index contributed by atoms with van der Waals surface area (Å²) in [6.07, 6.45) is 1.14. The number of ether oxygens (including phenoxy) is 2. The maximum absolute atomic E-state index is 14.4. The highest BCUT2D eigenvalue weighted by Crippen LogP contribution is 2.39. The van der Waals surface area contributed by atoms with E-state index >= 15 is 0 Å². The zero-order chi connectivity index (χ0) is 35.3.